The molecule has 3 aromatic rings. The van der Waals surface area contributed by atoms with Crippen molar-refractivity contribution in [3.8, 4) is 0 Å². The van der Waals surface area contributed by atoms with Crippen LogP contribution in [0.2, 0.25) is 0 Å². The van der Waals surface area contributed by atoms with E-state index in [1.165, 1.54) is 10.9 Å². The molecule has 0 saturated heterocycles. The first-order valence-electron chi connectivity index (χ1n) is 7.13. The van der Waals surface area contributed by atoms with Crippen molar-refractivity contribution < 1.29 is 4.52 Å². The number of hydrogen-bond acceptors (Lipinski definition) is 4. The maximum absolute atomic E-state index is 5.19. The van der Waals surface area contributed by atoms with Crippen molar-refractivity contribution in [3.63, 3.8) is 0 Å². The summed E-state index contributed by atoms with van der Waals surface area (Å²) in [6.07, 6.45) is 0. The van der Waals surface area contributed by atoms with Crippen LogP contribution in [0.15, 0.2) is 34.9 Å². The lowest BCUT2D eigenvalue weighted by molar-refractivity contribution is 0.392. The van der Waals surface area contributed by atoms with Crippen LogP contribution in [0.1, 0.15) is 28.3 Å². The molecule has 0 bridgehead atoms. The molecule has 0 aliphatic rings. The molecule has 2 heterocycles. The molecule has 4 nitrogen and oxygen atoms in total. The van der Waals surface area contributed by atoms with Gasteiger partial charge < -0.3 is 9.84 Å². The summed E-state index contributed by atoms with van der Waals surface area (Å²) >= 11 is 0. The summed E-state index contributed by atoms with van der Waals surface area (Å²) in [6, 6.07) is 10.4. The number of benzene rings is 1. The van der Waals surface area contributed by atoms with E-state index in [4.69, 9.17) is 4.52 Å². The third kappa shape index (κ3) is 2.81. The summed E-state index contributed by atoms with van der Waals surface area (Å²) in [5.41, 5.74) is 5.46. The number of nitrogens with one attached hydrogen (secondary N) is 1. The van der Waals surface area contributed by atoms with Gasteiger partial charge in [-0.3, -0.25) is 4.98 Å². The first-order chi connectivity index (χ1) is 10.1. The second-order valence-electron chi connectivity index (χ2n) is 5.35. The Kier molecular flexibility index (Phi) is 3.71. The van der Waals surface area contributed by atoms with Gasteiger partial charge in [-0.2, -0.15) is 0 Å². The molecular formula is C17H19N3O. The second-order valence-corrected chi connectivity index (χ2v) is 5.35. The summed E-state index contributed by atoms with van der Waals surface area (Å²) in [4.78, 5) is 4.57. The van der Waals surface area contributed by atoms with E-state index in [0.29, 0.717) is 0 Å². The highest BCUT2D eigenvalue weighted by Gasteiger charge is 2.09. The lowest BCUT2D eigenvalue weighted by Crippen LogP contribution is -2.14. The topological polar surface area (TPSA) is 51.0 Å². The number of aromatic nitrogens is 2. The summed E-state index contributed by atoms with van der Waals surface area (Å²) in [6.45, 7) is 7.51. The van der Waals surface area contributed by atoms with Gasteiger partial charge in [0.1, 0.15) is 5.76 Å². The largest absolute Gasteiger partial charge is 0.361 e. The molecule has 0 saturated carbocycles. The number of nitrogens with zero attached hydrogens (tertiary/aromatic N) is 2. The zero-order chi connectivity index (χ0) is 14.8. The highest BCUT2D eigenvalue weighted by atomic mass is 16.5. The van der Waals surface area contributed by atoms with Crippen LogP contribution in [0.4, 0.5) is 0 Å². The van der Waals surface area contributed by atoms with Crippen LogP contribution in [0.5, 0.6) is 0 Å². The number of para-hydroxylation sites is 1. The first kappa shape index (κ1) is 13.8. The minimum absolute atomic E-state index is 0.761. The molecular weight excluding hydrogens is 262 g/mol. The van der Waals surface area contributed by atoms with Crippen molar-refractivity contribution in [2.24, 2.45) is 0 Å². The molecule has 3 rings (SSSR count). The number of fused-ring (bicyclic) bond motifs is 1. The summed E-state index contributed by atoms with van der Waals surface area (Å²) in [7, 11) is 0. The van der Waals surface area contributed by atoms with Gasteiger partial charge in [0.25, 0.3) is 0 Å². The second kappa shape index (κ2) is 5.66. The van der Waals surface area contributed by atoms with Crippen molar-refractivity contribution in [1.82, 2.24) is 15.5 Å². The third-order valence-electron chi connectivity index (χ3n) is 3.73. The zero-order valence-electron chi connectivity index (χ0n) is 12.6. The molecule has 0 amide bonds. The molecule has 0 aliphatic heterocycles. The summed E-state index contributed by atoms with van der Waals surface area (Å²) < 4.78 is 5.19. The van der Waals surface area contributed by atoms with Crippen LogP contribution in [0, 0.1) is 20.8 Å². The Morgan fingerprint density at radius 2 is 1.90 bits per heavy atom. The maximum atomic E-state index is 5.19. The van der Waals surface area contributed by atoms with Gasteiger partial charge in [0.2, 0.25) is 0 Å². The molecule has 0 atom stereocenters. The Balaban J connectivity index is 1.79. The number of rotatable bonds is 4. The Labute approximate surface area is 124 Å². The predicted octanol–water partition coefficient (Wildman–Crippen LogP) is 3.44. The Morgan fingerprint density at radius 1 is 1.10 bits per heavy atom. The number of hydrogen-bond donors (Lipinski definition) is 1. The minimum atomic E-state index is 0.761. The van der Waals surface area contributed by atoms with E-state index in [1.807, 2.05) is 26.8 Å². The fraction of sp³-hybridized carbons (Fsp3) is 0.294. The van der Waals surface area contributed by atoms with Crippen molar-refractivity contribution in [1.29, 1.82) is 0 Å². The molecule has 1 aromatic carbocycles. The average molecular weight is 281 g/mol. The van der Waals surface area contributed by atoms with E-state index in [-0.39, 0.29) is 0 Å². The monoisotopic (exact) mass is 281 g/mol. The molecule has 0 fully saturated rings. The van der Waals surface area contributed by atoms with Gasteiger partial charge in [-0.05, 0) is 38.5 Å². The zero-order valence-corrected chi connectivity index (χ0v) is 12.6. The van der Waals surface area contributed by atoms with Crippen molar-refractivity contribution >= 4 is 10.9 Å². The van der Waals surface area contributed by atoms with E-state index < -0.39 is 0 Å². The van der Waals surface area contributed by atoms with Crippen molar-refractivity contribution in [2.75, 3.05) is 0 Å². The quantitative estimate of drug-likeness (QED) is 0.796. The van der Waals surface area contributed by atoms with Crippen LogP contribution < -0.4 is 5.32 Å². The van der Waals surface area contributed by atoms with Crippen LogP contribution in [-0.4, -0.2) is 10.1 Å². The minimum Gasteiger partial charge on any atom is -0.361 e. The summed E-state index contributed by atoms with van der Waals surface area (Å²) in [5, 5.41) is 8.66. The lowest BCUT2D eigenvalue weighted by Gasteiger charge is -2.09. The highest BCUT2D eigenvalue weighted by Crippen LogP contribution is 2.18. The van der Waals surface area contributed by atoms with E-state index in [1.54, 1.807) is 0 Å². The Hall–Kier alpha value is -2.20. The van der Waals surface area contributed by atoms with E-state index in [2.05, 4.69) is 39.7 Å². The smallest absolute Gasteiger partial charge is 0.138 e. The van der Waals surface area contributed by atoms with Crippen LogP contribution in [0.25, 0.3) is 10.9 Å². The fourth-order valence-electron chi connectivity index (χ4n) is 2.62. The molecule has 2 aromatic heterocycles. The molecule has 21 heavy (non-hydrogen) atoms. The molecule has 1 N–H and O–H groups in total. The van der Waals surface area contributed by atoms with E-state index in [9.17, 15) is 0 Å². The molecule has 4 heteroatoms. The standard InChI is InChI=1S/C17H19N3O/c1-11-8-14(15-6-4-5-7-17(15)19-11)9-18-10-16-12(2)20-21-13(16)3/h4-8,18H,9-10H2,1-3H3. The SMILES string of the molecule is Cc1cc(CNCc2c(C)noc2C)c2ccccc2n1. The number of aryl methyl sites for hydroxylation is 3. The third-order valence-corrected chi connectivity index (χ3v) is 3.73. The maximum Gasteiger partial charge on any atom is 0.138 e. The van der Waals surface area contributed by atoms with Crippen molar-refractivity contribution in [3.05, 3.63) is 58.6 Å². The number of pyridine rings is 1. The highest BCUT2D eigenvalue weighted by molar-refractivity contribution is 5.82. The Morgan fingerprint density at radius 3 is 2.67 bits per heavy atom. The predicted molar refractivity (Wildman–Crippen MR) is 83.0 cm³/mol. The molecule has 0 aliphatic carbocycles. The Bertz CT molecular complexity index is 757. The molecule has 0 radical (unpaired) electrons. The fourth-order valence-corrected chi connectivity index (χ4v) is 2.62. The van der Waals surface area contributed by atoms with Gasteiger partial charge in [0.05, 0.1) is 11.2 Å². The average Bonchev–Trinajstić information content (AvgIpc) is 2.78. The van der Waals surface area contributed by atoms with Gasteiger partial charge in [-0.15, -0.1) is 0 Å². The van der Waals surface area contributed by atoms with Gasteiger partial charge in [-0.25, -0.2) is 0 Å². The van der Waals surface area contributed by atoms with Crippen LogP contribution in [-0.2, 0) is 13.1 Å². The van der Waals surface area contributed by atoms with Crippen molar-refractivity contribution in [2.45, 2.75) is 33.9 Å². The van der Waals surface area contributed by atoms with Crippen LogP contribution >= 0.6 is 0 Å². The van der Waals surface area contributed by atoms with Gasteiger partial charge in [-0.1, -0.05) is 23.4 Å². The molecule has 0 spiro atoms. The van der Waals surface area contributed by atoms with Gasteiger partial charge >= 0.3 is 0 Å². The van der Waals surface area contributed by atoms with E-state index >= 15 is 0 Å². The van der Waals surface area contributed by atoms with E-state index in [0.717, 1.165) is 41.3 Å². The normalized spacial score (nSPS) is 11.2. The molecule has 108 valence electrons. The first-order valence-corrected chi connectivity index (χ1v) is 7.13. The van der Waals surface area contributed by atoms with Crippen LogP contribution in [0.3, 0.4) is 0 Å². The van der Waals surface area contributed by atoms with Gasteiger partial charge in [0, 0.05) is 29.7 Å². The van der Waals surface area contributed by atoms with Gasteiger partial charge in [0.15, 0.2) is 0 Å². The molecule has 0 unspecified atom stereocenters. The lowest BCUT2D eigenvalue weighted by atomic mass is 10.1. The summed E-state index contributed by atoms with van der Waals surface area (Å²) in [5.74, 6) is 0.885.